The molecular formula is C24H24FN7O2. The molecule has 0 aliphatic carbocycles. The number of hydrogen-bond acceptors (Lipinski definition) is 8. The van der Waals surface area contributed by atoms with Crippen LogP contribution in [0.2, 0.25) is 0 Å². The molecule has 0 bridgehead atoms. The predicted molar refractivity (Wildman–Crippen MR) is 124 cm³/mol. The summed E-state index contributed by atoms with van der Waals surface area (Å²) in [4.78, 5) is 26.8. The van der Waals surface area contributed by atoms with Gasteiger partial charge in [-0.25, -0.2) is 9.37 Å². The smallest absolute Gasteiger partial charge is 0.252 e. The van der Waals surface area contributed by atoms with Gasteiger partial charge in [-0.2, -0.15) is 5.26 Å². The van der Waals surface area contributed by atoms with Gasteiger partial charge in [0.2, 0.25) is 0 Å². The van der Waals surface area contributed by atoms with Gasteiger partial charge < -0.3 is 21.1 Å². The molecule has 1 aliphatic rings. The molecule has 34 heavy (non-hydrogen) atoms. The van der Waals surface area contributed by atoms with Gasteiger partial charge in [0.15, 0.2) is 0 Å². The Hall–Kier alpha value is -4.10. The number of nitrogens with zero attached hydrogens (tertiary/aromatic N) is 5. The minimum Gasteiger partial charge on any atom is -0.396 e. The van der Waals surface area contributed by atoms with Crippen molar-refractivity contribution in [1.29, 1.82) is 5.26 Å². The Morgan fingerprint density at radius 3 is 2.68 bits per heavy atom. The van der Waals surface area contributed by atoms with E-state index in [1.807, 2.05) is 0 Å². The number of carbonyl (C=O) groups is 1. The molecule has 0 saturated carbocycles. The maximum atomic E-state index is 13.2. The van der Waals surface area contributed by atoms with Gasteiger partial charge >= 0.3 is 0 Å². The Balaban J connectivity index is 1.51. The van der Waals surface area contributed by atoms with Gasteiger partial charge in [-0.15, -0.1) is 0 Å². The highest BCUT2D eigenvalue weighted by atomic mass is 19.1. The van der Waals surface area contributed by atoms with Gasteiger partial charge in [-0.05, 0) is 36.8 Å². The summed E-state index contributed by atoms with van der Waals surface area (Å²) in [5.74, 6) is -0.420. The molecule has 1 saturated heterocycles. The average Bonchev–Trinajstić information content (AvgIpc) is 2.86. The molecule has 0 unspecified atom stereocenters. The zero-order valence-corrected chi connectivity index (χ0v) is 18.4. The maximum Gasteiger partial charge on any atom is 0.252 e. The van der Waals surface area contributed by atoms with E-state index in [4.69, 9.17) is 11.0 Å². The van der Waals surface area contributed by atoms with Crippen LogP contribution in [0.1, 0.15) is 33.7 Å². The molecule has 3 aromatic rings. The van der Waals surface area contributed by atoms with Crippen molar-refractivity contribution in [1.82, 2.24) is 15.0 Å². The third kappa shape index (κ3) is 5.27. The van der Waals surface area contributed by atoms with E-state index in [2.05, 4.69) is 31.2 Å². The van der Waals surface area contributed by atoms with Crippen LogP contribution in [0.15, 0.2) is 48.9 Å². The van der Waals surface area contributed by atoms with Crippen LogP contribution >= 0.6 is 0 Å². The number of piperidine rings is 1. The molecule has 0 aromatic carbocycles. The van der Waals surface area contributed by atoms with Crippen LogP contribution in [0, 0.1) is 23.1 Å². The number of primary amides is 1. The number of nitriles is 1. The summed E-state index contributed by atoms with van der Waals surface area (Å²) in [6, 6.07) is 10.1. The predicted octanol–water partition coefficient (Wildman–Crippen LogP) is 1.87. The second kappa shape index (κ2) is 10.2. The van der Waals surface area contributed by atoms with Crippen LogP contribution in [-0.4, -0.2) is 51.7 Å². The molecule has 1 fully saturated rings. The number of aromatic nitrogens is 3. The number of aliphatic hydroxyl groups excluding tert-OH is 1. The fourth-order valence-electron chi connectivity index (χ4n) is 4.06. The number of hydrogen-bond donors (Lipinski definition) is 3. The number of pyridine rings is 3. The monoisotopic (exact) mass is 461 g/mol. The molecule has 0 spiro atoms. The van der Waals surface area contributed by atoms with Crippen molar-refractivity contribution in [2.24, 2.45) is 11.7 Å². The fourth-order valence-corrected chi connectivity index (χ4v) is 4.06. The van der Waals surface area contributed by atoms with E-state index in [0.29, 0.717) is 48.6 Å². The maximum absolute atomic E-state index is 13.2. The molecular weight excluding hydrogens is 437 g/mol. The van der Waals surface area contributed by atoms with Crippen molar-refractivity contribution in [2.75, 3.05) is 29.9 Å². The number of nitrogens with two attached hydrogens (primary N) is 1. The van der Waals surface area contributed by atoms with Gasteiger partial charge in [0, 0.05) is 61.9 Å². The Labute approximate surface area is 196 Å². The second-order valence-electron chi connectivity index (χ2n) is 8.18. The van der Waals surface area contributed by atoms with E-state index in [9.17, 15) is 14.3 Å². The van der Waals surface area contributed by atoms with Crippen molar-refractivity contribution < 1.29 is 14.3 Å². The highest BCUT2D eigenvalue weighted by Gasteiger charge is 2.30. The lowest BCUT2D eigenvalue weighted by Gasteiger charge is -2.39. The van der Waals surface area contributed by atoms with E-state index in [-0.39, 0.29) is 24.1 Å². The standard InChI is InChI=1S/C24H24FN7O2/c25-17-2-3-18(28-11-17)7-19-8-22(20(12-29-19)24(27)34)31-21-5-6-32(13-16(21)14-33)23-4-1-15(9-26)10-30-23/h1-4,8,10-12,16,21,33H,5-7,13-14H2,(H2,27,34)(H,29,31)/t16-,21-/m1/s1. The van der Waals surface area contributed by atoms with Gasteiger partial charge in [-0.3, -0.25) is 14.8 Å². The molecule has 2 atom stereocenters. The number of carbonyl (C=O) groups excluding carboxylic acids is 1. The zero-order valence-electron chi connectivity index (χ0n) is 18.4. The molecule has 9 nitrogen and oxygen atoms in total. The van der Waals surface area contributed by atoms with Gasteiger partial charge in [0.1, 0.15) is 17.7 Å². The number of aliphatic hydroxyl groups is 1. The van der Waals surface area contributed by atoms with E-state index >= 15 is 0 Å². The lowest BCUT2D eigenvalue weighted by Crippen LogP contribution is -2.48. The highest BCUT2D eigenvalue weighted by molar-refractivity contribution is 5.98. The summed E-state index contributed by atoms with van der Waals surface area (Å²) >= 11 is 0. The molecule has 1 aliphatic heterocycles. The first-order valence-corrected chi connectivity index (χ1v) is 10.8. The third-order valence-electron chi connectivity index (χ3n) is 5.89. The highest BCUT2D eigenvalue weighted by Crippen LogP contribution is 2.27. The molecule has 174 valence electrons. The van der Waals surface area contributed by atoms with Crippen LogP contribution in [0.25, 0.3) is 0 Å². The van der Waals surface area contributed by atoms with Crippen molar-refractivity contribution in [3.05, 3.63) is 77.3 Å². The van der Waals surface area contributed by atoms with Crippen molar-refractivity contribution in [3.8, 4) is 6.07 Å². The van der Waals surface area contributed by atoms with Crippen LogP contribution in [0.5, 0.6) is 0 Å². The van der Waals surface area contributed by atoms with Crippen LogP contribution < -0.4 is 16.0 Å². The normalized spacial score (nSPS) is 17.7. The number of rotatable bonds is 7. The van der Waals surface area contributed by atoms with Gasteiger partial charge in [-0.1, -0.05) is 0 Å². The first-order chi connectivity index (χ1) is 16.5. The summed E-state index contributed by atoms with van der Waals surface area (Å²) in [6.45, 7) is 1.17. The van der Waals surface area contributed by atoms with E-state index < -0.39 is 11.7 Å². The summed E-state index contributed by atoms with van der Waals surface area (Å²) in [5.41, 5.74) is 8.13. The zero-order chi connectivity index (χ0) is 24.1. The Bertz CT molecular complexity index is 1200. The molecule has 10 heteroatoms. The topological polar surface area (TPSA) is 141 Å². The largest absolute Gasteiger partial charge is 0.396 e. The molecule has 3 aromatic heterocycles. The Kier molecular flexibility index (Phi) is 6.94. The molecule has 4 N–H and O–H groups in total. The molecule has 4 rings (SSSR count). The molecule has 0 radical (unpaired) electrons. The quantitative estimate of drug-likeness (QED) is 0.484. The number of halogens is 1. The number of anilines is 2. The first kappa shape index (κ1) is 23.1. The Morgan fingerprint density at radius 1 is 1.21 bits per heavy atom. The minimum absolute atomic E-state index is 0.0617. The van der Waals surface area contributed by atoms with Crippen molar-refractivity contribution >= 4 is 17.4 Å². The SMILES string of the molecule is N#Cc1ccc(N2CC[C@@H](Nc3cc(Cc4ccc(F)cn4)ncc3C(N)=O)[C@@H](CO)C2)nc1. The number of amides is 1. The van der Waals surface area contributed by atoms with E-state index in [0.717, 1.165) is 12.0 Å². The van der Waals surface area contributed by atoms with Crippen molar-refractivity contribution in [2.45, 2.75) is 18.9 Å². The summed E-state index contributed by atoms with van der Waals surface area (Å²) in [7, 11) is 0. The van der Waals surface area contributed by atoms with Crippen LogP contribution in [0.3, 0.4) is 0 Å². The van der Waals surface area contributed by atoms with Crippen LogP contribution in [0.4, 0.5) is 15.9 Å². The summed E-state index contributed by atoms with van der Waals surface area (Å²) in [6.07, 6.45) is 5.14. The lowest BCUT2D eigenvalue weighted by atomic mass is 9.92. The summed E-state index contributed by atoms with van der Waals surface area (Å²) in [5, 5.41) is 22.4. The molecule has 1 amide bonds. The third-order valence-corrected chi connectivity index (χ3v) is 5.89. The van der Waals surface area contributed by atoms with E-state index in [1.54, 1.807) is 24.3 Å². The fraction of sp³-hybridized carbons (Fsp3) is 0.292. The van der Waals surface area contributed by atoms with Gasteiger partial charge in [0.05, 0.1) is 23.0 Å². The van der Waals surface area contributed by atoms with E-state index in [1.165, 1.54) is 18.5 Å². The Morgan fingerprint density at radius 2 is 2.03 bits per heavy atom. The average molecular weight is 462 g/mol. The summed E-state index contributed by atoms with van der Waals surface area (Å²) < 4.78 is 13.2. The van der Waals surface area contributed by atoms with Crippen molar-refractivity contribution in [3.63, 3.8) is 0 Å². The lowest BCUT2D eigenvalue weighted by molar-refractivity contribution is 0.100. The number of nitrogens with one attached hydrogen (secondary N) is 1. The second-order valence-corrected chi connectivity index (χ2v) is 8.18. The van der Waals surface area contributed by atoms with Crippen LogP contribution in [-0.2, 0) is 6.42 Å². The first-order valence-electron chi connectivity index (χ1n) is 10.8. The molecule has 4 heterocycles. The minimum atomic E-state index is -0.610. The van der Waals surface area contributed by atoms with Gasteiger partial charge in [0.25, 0.3) is 5.91 Å².